The van der Waals surface area contributed by atoms with Crippen LogP contribution in [0.3, 0.4) is 0 Å². The SMILES string of the molecule is COc1ccc(-c2cc(-c3ccccc3)nc3sc(C(=O)Nc4sc5c(c4C#N)CCCC5)c(N)c23)cc1. The zero-order valence-corrected chi connectivity index (χ0v) is 22.3. The lowest BCUT2D eigenvalue weighted by Crippen LogP contribution is -2.12. The Bertz CT molecular complexity index is 1710. The Morgan fingerprint density at radius 3 is 2.55 bits per heavy atom. The van der Waals surface area contributed by atoms with Crippen LogP contribution in [0.4, 0.5) is 10.7 Å². The number of nitrogen functional groups attached to an aromatic ring is 1. The molecule has 3 N–H and O–H groups in total. The van der Waals surface area contributed by atoms with Crippen molar-refractivity contribution in [1.82, 2.24) is 4.98 Å². The summed E-state index contributed by atoms with van der Waals surface area (Å²) in [6, 6.07) is 22.0. The molecule has 6 rings (SSSR count). The van der Waals surface area contributed by atoms with E-state index in [0.29, 0.717) is 26.0 Å². The molecule has 0 atom stereocenters. The maximum Gasteiger partial charge on any atom is 0.268 e. The number of rotatable bonds is 5. The summed E-state index contributed by atoms with van der Waals surface area (Å²) in [6.45, 7) is 0. The molecular formula is C30H24N4O2S2. The number of carbonyl (C=O) groups is 1. The van der Waals surface area contributed by atoms with E-state index in [2.05, 4.69) is 11.4 Å². The van der Waals surface area contributed by atoms with Gasteiger partial charge >= 0.3 is 0 Å². The lowest BCUT2D eigenvalue weighted by Gasteiger charge is -2.10. The first-order valence-electron chi connectivity index (χ1n) is 12.4. The lowest BCUT2D eigenvalue weighted by atomic mass is 9.96. The third-order valence-corrected chi connectivity index (χ3v) is 9.19. The van der Waals surface area contributed by atoms with E-state index < -0.39 is 0 Å². The predicted molar refractivity (Wildman–Crippen MR) is 155 cm³/mol. The Kier molecular flexibility index (Phi) is 6.32. The summed E-state index contributed by atoms with van der Waals surface area (Å²) in [7, 11) is 1.64. The number of aromatic nitrogens is 1. The number of thiophene rings is 2. The zero-order chi connectivity index (χ0) is 26.2. The van der Waals surface area contributed by atoms with E-state index in [1.165, 1.54) is 27.6 Å². The monoisotopic (exact) mass is 536 g/mol. The lowest BCUT2D eigenvalue weighted by molar-refractivity contribution is 0.103. The van der Waals surface area contributed by atoms with E-state index in [0.717, 1.165) is 64.8 Å². The summed E-state index contributed by atoms with van der Waals surface area (Å²) >= 11 is 2.78. The van der Waals surface area contributed by atoms with Gasteiger partial charge in [-0.15, -0.1) is 22.7 Å². The van der Waals surface area contributed by atoms with Gasteiger partial charge in [-0.25, -0.2) is 4.98 Å². The summed E-state index contributed by atoms with van der Waals surface area (Å²) in [6.07, 6.45) is 4.01. The van der Waals surface area contributed by atoms with Crippen LogP contribution >= 0.6 is 22.7 Å². The van der Waals surface area contributed by atoms with Gasteiger partial charge in [0, 0.05) is 15.8 Å². The average molecular weight is 537 g/mol. The van der Waals surface area contributed by atoms with Crippen molar-refractivity contribution in [2.75, 3.05) is 18.2 Å². The van der Waals surface area contributed by atoms with Gasteiger partial charge in [0.1, 0.15) is 26.5 Å². The number of methoxy groups -OCH3 is 1. The first-order valence-corrected chi connectivity index (χ1v) is 14.0. The minimum Gasteiger partial charge on any atom is -0.497 e. The number of anilines is 2. The van der Waals surface area contributed by atoms with Crippen molar-refractivity contribution in [3.63, 3.8) is 0 Å². The highest BCUT2D eigenvalue weighted by Crippen LogP contribution is 2.43. The smallest absolute Gasteiger partial charge is 0.268 e. The summed E-state index contributed by atoms with van der Waals surface area (Å²) < 4.78 is 5.34. The second-order valence-electron chi connectivity index (χ2n) is 9.16. The number of hydrogen-bond donors (Lipinski definition) is 2. The largest absolute Gasteiger partial charge is 0.497 e. The van der Waals surface area contributed by atoms with Crippen LogP contribution in [0, 0.1) is 11.3 Å². The van der Waals surface area contributed by atoms with E-state index in [9.17, 15) is 10.1 Å². The molecular weight excluding hydrogens is 512 g/mol. The van der Waals surface area contributed by atoms with E-state index in [1.807, 2.05) is 60.7 Å². The number of nitrogens with one attached hydrogen (secondary N) is 1. The van der Waals surface area contributed by atoms with Gasteiger partial charge < -0.3 is 15.8 Å². The Morgan fingerprint density at radius 2 is 1.82 bits per heavy atom. The van der Waals surface area contributed by atoms with Crippen LogP contribution in [-0.4, -0.2) is 18.0 Å². The van der Waals surface area contributed by atoms with Gasteiger partial charge in [-0.2, -0.15) is 5.26 Å². The van der Waals surface area contributed by atoms with E-state index in [4.69, 9.17) is 15.5 Å². The van der Waals surface area contributed by atoms with Crippen LogP contribution in [0.25, 0.3) is 32.6 Å². The molecule has 1 aliphatic rings. The molecule has 0 unspecified atom stereocenters. The van der Waals surface area contributed by atoms with E-state index in [1.54, 1.807) is 7.11 Å². The summed E-state index contributed by atoms with van der Waals surface area (Å²) in [4.78, 5) is 20.7. The minimum atomic E-state index is -0.317. The van der Waals surface area contributed by atoms with Gasteiger partial charge in [0.2, 0.25) is 0 Å². The third kappa shape index (κ3) is 4.20. The topological polar surface area (TPSA) is 101 Å². The molecule has 0 aliphatic heterocycles. The summed E-state index contributed by atoms with van der Waals surface area (Å²) in [5.41, 5.74) is 12.3. The molecule has 0 saturated carbocycles. The number of aryl methyl sites for hydroxylation is 1. The Hall–Kier alpha value is -4.19. The van der Waals surface area contributed by atoms with Crippen LogP contribution in [0.5, 0.6) is 5.75 Å². The van der Waals surface area contributed by atoms with Crippen molar-refractivity contribution >= 4 is 49.5 Å². The number of ether oxygens (including phenoxy) is 1. The van der Waals surface area contributed by atoms with Crippen LogP contribution in [0.1, 0.15) is 38.5 Å². The Labute approximate surface area is 228 Å². The number of nitrogens with two attached hydrogens (primary N) is 1. The minimum absolute atomic E-state index is 0.317. The standard InChI is InChI=1S/C30H24N4O2S2/c1-36-19-13-11-17(12-14-19)21-15-23(18-7-3-2-4-8-18)33-30-25(21)26(32)27(38-30)28(35)34-29-22(16-31)20-9-5-6-10-24(20)37-29/h2-4,7-8,11-15H,5-6,9-10,32H2,1H3,(H,34,35). The number of nitrogens with zero attached hydrogens (tertiary/aromatic N) is 2. The van der Waals surface area contributed by atoms with Gasteiger partial charge in [0.15, 0.2) is 0 Å². The van der Waals surface area contributed by atoms with Gasteiger partial charge in [0.05, 0.1) is 24.1 Å². The normalized spacial score (nSPS) is 12.6. The van der Waals surface area contributed by atoms with E-state index >= 15 is 0 Å². The number of benzene rings is 2. The maximum absolute atomic E-state index is 13.5. The molecule has 0 saturated heterocycles. The maximum atomic E-state index is 13.5. The van der Waals surface area contributed by atoms with Crippen molar-refractivity contribution in [2.24, 2.45) is 0 Å². The molecule has 3 heterocycles. The number of nitriles is 1. The first kappa shape index (κ1) is 24.2. The highest BCUT2D eigenvalue weighted by molar-refractivity contribution is 7.21. The highest BCUT2D eigenvalue weighted by atomic mass is 32.1. The summed E-state index contributed by atoms with van der Waals surface area (Å²) in [5, 5.41) is 14.2. The fourth-order valence-corrected chi connectivity index (χ4v) is 7.23. The van der Waals surface area contributed by atoms with Crippen LogP contribution < -0.4 is 15.8 Å². The first-order chi connectivity index (χ1) is 18.6. The van der Waals surface area contributed by atoms with Gasteiger partial charge in [0.25, 0.3) is 5.91 Å². The molecule has 6 nitrogen and oxygen atoms in total. The average Bonchev–Trinajstić information content (AvgIpc) is 3.49. The molecule has 1 amide bonds. The van der Waals surface area contributed by atoms with Crippen LogP contribution in [0.15, 0.2) is 60.7 Å². The number of carbonyl (C=O) groups excluding carboxylic acids is 1. The fourth-order valence-electron chi connectivity index (χ4n) is 4.98. The Balaban J connectivity index is 1.47. The second kappa shape index (κ2) is 9.93. The van der Waals surface area contributed by atoms with Crippen LogP contribution in [-0.2, 0) is 12.8 Å². The fraction of sp³-hybridized carbons (Fsp3) is 0.167. The molecule has 38 heavy (non-hydrogen) atoms. The molecule has 188 valence electrons. The van der Waals surface area contributed by atoms with Crippen molar-refractivity contribution in [3.8, 4) is 34.2 Å². The molecule has 2 aromatic carbocycles. The zero-order valence-electron chi connectivity index (χ0n) is 20.7. The number of hydrogen-bond acceptors (Lipinski definition) is 7. The quantitative estimate of drug-likeness (QED) is 0.246. The molecule has 0 spiro atoms. The highest BCUT2D eigenvalue weighted by Gasteiger charge is 2.25. The second-order valence-corrected chi connectivity index (χ2v) is 11.3. The molecule has 0 fully saturated rings. The molecule has 3 aromatic heterocycles. The molecule has 0 radical (unpaired) electrons. The summed E-state index contributed by atoms with van der Waals surface area (Å²) in [5.74, 6) is 0.440. The van der Waals surface area contributed by atoms with E-state index in [-0.39, 0.29) is 5.91 Å². The predicted octanol–water partition coefficient (Wildman–Crippen LogP) is 7.29. The van der Waals surface area contributed by atoms with Crippen molar-refractivity contribution < 1.29 is 9.53 Å². The van der Waals surface area contributed by atoms with Gasteiger partial charge in [-0.1, -0.05) is 42.5 Å². The Morgan fingerprint density at radius 1 is 1.05 bits per heavy atom. The van der Waals surface area contributed by atoms with Crippen molar-refractivity contribution in [2.45, 2.75) is 25.7 Å². The number of pyridine rings is 1. The number of fused-ring (bicyclic) bond motifs is 2. The van der Waals surface area contributed by atoms with Crippen molar-refractivity contribution in [3.05, 3.63) is 81.5 Å². The molecule has 1 aliphatic carbocycles. The van der Waals surface area contributed by atoms with Gasteiger partial charge in [-0.3, -0.25) is 4.79 Å². The third-order valence-electron chi connectivity index (χ3n) is 6.89. The molecule has 0 bridgehead atoms. The number of amides is 1. The van der Waals surface area contributed by atoms with Crippen molar-refractivity contribution in [1.29, 1.82) is 5.26 Å². The van der Waals surface area contributed by atoms with Gasteiger partial charge in [-0.05, 0) is 60.6 Å². The molecule has 8 heteroatoms. The van der Waals surface area contributed by atoms with Crippen LogP contribution in [0.2, 0.25) is 0 Å². The molecule has 5 aromatic rings.